The highest BCUT2D eigenvalue weighted by molar-refractivity contribution is 7.98. The zero-order chi connectivity index (χ0) is 18.0. The molecule has 2 aromatic rings. The van der Waals surface area contributed by atoms with Crippen LogP contribution in [0.1, 0.15) is 22.4 Å². The number of anilines is 1. The molecule has 0 aliphatic carbocycles. The van der Waals surface area contributed by atoms with Crippen molar-refractivity contribution in [2.24, 2.45) is 0 Å². The molecule has 0 bridgehead atoms. The van der Waals surface area contributed by atoms with E-state index in [9.17, 15) is 9.59 Å². The zero-order valence-electron chi connectivity index (χ0n) is 14.1. The van der Waals surface area contributed by atoms with Crippen molar-refractivity contribution >= 4 is 29.4 Å². The molecule has 2 amide bonds. The van der Waals surface area contributed by atoms with Crippen molar-refractivity contribution in [1.82, 2.24) is 15.1 Å². The fraction of sp³-hybridized carbons (Fsp3) is 0.353. The number of aliphatic hydroxyl groups is 1. The number of aryl methyl sites for hydroxylation is 2. The van der Waals surface area contributed by atoms with E-state index in [0.29, 0.717) is 5.82 Å². The van der Waals surface area contributed by atoms with Gasteiger partial charge in [0.2, 0.25) is 0 Å². The van der Waals surface area contributed by atoms with Crippen LogP contribution in [-0.2, 0) is 21.1 Å². The van der Waals surface area contributed by atoms with Gasteiger partial charge in [0.1, 0.15) is 5.82 Å². The van der Waals surface area contributed by atoms with Gasteiger partial charge in [-0.2, -0.15) is 16.9 Å². The lowest BCUT2D eigenvalue weighted by Gasteiger charge is -2.13. The standard InChI is InChI=1S/C17H20N4O3S/c1-10-3-4-14(11(2)7-10)21-15(12-8-25-9-13(12)20-21)19-17(24)16(23)18-5-6-22/h3-4,7,22H,5-6,8-9H2,1-2H3,(H,18,23)(H,19,24). The number of aliphatic hydroxyl groups excluding tert-OH is 1. The Balaban J connectivity index is 1.95. The number of hydrogen-bond donors (Lipinski definition) is 3. The number of hydrogen-bond acceptors (Lipinski definition) is 5. The SMILES string of the molecule is Cc1ccc(-n2nc3c(c2NC(=O)C(=O)NCCO)CSC3)c(C)c1. The van der Waals surface area contributed by atoms with Gasteiger partial charge in [0.25, 0.3) is 0 Å². The van der Waals surface area contributed by atoms with Crippen LogP contribution in [0.25, 0.3) is 5.69 Å². The molecule has 7 nitrogen and oxygen atoms in total. The van der Waals surface area contributed by atoms with E-state index in [2.05, 4.69) is 21.8 Å². The Morgan fingerprint density at radius 2 is 2.08 bits per heavy atom. The highest BCUT2D eigenvalue weighted by Crippen LogP contribution is 2.36. The maximum absolute atomic E-state index is 12.2. The molecule has 132 valence electrons. The van der Waals surface area contributed by atoms with Gasteiger partial charge in [0, 0.05) is 23.6 Å². The number of nitrogens with one attached hydrogen (secondary N) is 2. The van der Waals surface area contributed by atoms with Crippen LogP contribution in [0.4, 0.5) is 5.82 Å². The Morgan fingerprint density at radius 1 is 1.28 bits per heavy atom. The van der Waals surface area contributed by atoms with Gasteiger partial charge in [-0.3, -0.25) is 9.59 Å². The Kier molecular flexibility index (Phi) is 5.10. The van der Waals surface area contributed by atoms with Crippen LogP contribution in [0, 0.1) is 13.8 Å². The van der Waals surface area contributed by atoms with Gasteiger partial charge in [0.05, 0.1) is 18.0 Å². The average molecular weight is 360 g/mol. The van der Waals surface area contributed by atoms with Gasteiger partial charge < -0.3 is 15.7 Å². The van der Waals surface area contributed by atoms with Crippen LogP contribution in [0.2, 0.25) is 0 Å². The molecule has 8 heteroatoms. The minimum absolute atomic E-state index is 0.0382. The quantitative estimate of drug-likeness (QED) is 0.714. The molecule has 1 aliphatic heterocycles. The van der Waals surface area contributed by atoms with Crippen molar-refractivity contribution in [3.8, 4) is 5.69 Å². The second kappa shape index (κ2) is 7.28. The second-order valence-electron chi connectivity index (χ2n) is 5.90. The summed E-state index contributed by atoms with van der Waals surface area (Å²) in [5.74, 6) is 0.526. The van der Waals surface area contributed by atoms with Crippen molar-refractivity contribution in [3.05, 3.63) is 40.6 Å². The largest absolute Gasteiger partial charge is 0.395 e. The molecule has 0 atom stereocenters. The number of fused-ring (bicyclic) bond motifs is 1. The second-order valence-corrected chi connectivity index (χ2v) is 6.89. The van der Waals surface area contributed by atoms with Crippen LogP contribution >= 0.6 is 11.8 Å². The van der Waals surface area contributed by atoms with E-state index < -0.39 is 11.8 Å². The first-order valence-electron chi connectivity index (χ1n) is 7.97. The summed E-state index contributed by atoms with van der Waals surface area (Å²) in [4.78, 5) is 24.0. The lowest BCUT2D eigenvalue weighted by atomic mass is 10.1. The van der Waals surface area contributed by atoms with Gasteiger partial charge in [-0.1, -0.05) is 17.7 Å². The summed E-state index contributed by atoms with van der Waals surface area (Å²) in [5, 5.41) is 18.4. The Hall–Kier alpha value is -2.32. The van der Waals surface area contributed by atoms with E-state index in [0.717, 1.165) is 39.6 Å². The van der Waals surface area contributed by atoms with Gasteiger partial charge in [-0.25, -0.2) is 4.68 Å². The fourth-order valence-electron chi connectivity index (χ4n) is 2.77. The van der Waals surface area contributed by atoms with Crippen molar-refractivity contribution in [2.75, 3.05) is 18.5 Å². The van der Waals surface area contributed by atoms with Crippen molar-refractivity contribution < 1.29 is 14.7 Å². The molecule has 0 saturated heterocycles. The summed E-state index contributed by atoms with van der Waals surface area (Å²) >= 11 is 1.72. The molecule has 0 unspecified atom stereocenters. The molecule has 0 saturated carbocycles. The predicted molar refractivity (Wildman–Crippen MR) is 96.8 cm³/mol. The van der Waals surface area contributed by atoms with Crippen LogP contribution in [0.5, 0.6) is 0 Å². The number of benzene rings is 1. The smallest absolute Gasteiger partial charge is 0.314 e. The Morgan fingerprint density at radius 3 is 2.80 bits per heavy atom. The minimum atomic E-state index is -0.776. The van der Waals surface area contributed by atoms with Crippen molar-refractivity contribution in [1.29, 1.82) is 0 Å². The van der Waals surface area contributed by atoms with Gasteiger partial charge >= 0.3 is 11.8 Å². The van der Waals surface area contributed by atoms with Crippen LogP contribution in [-0.4, -0.2) is 39.9 Å². The van der Waals surface area contributed by atoms with Crippen molar-refractivity contribution in [3.63, 3.8) is 0 Å². The summed E-state index contributed by atoms with van der Waals surface area (Å²) < 4.78 is 1.70. The third-order valence-electron chi connectivity index (χ3n) is 3.97. The van der Waals surface area contributed by atoms with E-state index in [1.165, 1.54) is 0 Å². The molecule has 1 aromatic heterocycles. The summed E-state index contributed by atoms with van der Waals surface area (Å²) in [6.45, 7) is 3.83. The summed E-state index contributed by atoms with van der Waals surface area (Å²) in [6.07, 6.45) is 0. The lowest BCUT2D eigenvalue weighted by molar-refractivity contribution is -0.136. The normalized spacial score (nSPS) is 12.8. The summed E-state index contributed by atoms with van der Waals surface area (Å²) in [7, 11) is 0. The Labute approximate surface area is 149 Å². The first kappa shape index (κ1) is 17.5. The maximum Gasteiger partial charge on any atom is 0.314 e. The number of amides is 2. The van der Waals surface area contributed by atoms with E-state index in [1.807, 2.05) is 26.0 Å². The fourth-order valence-corrected chi connectivity index (χ4v) is 3.81. The minimum Gasteiger partial charge on any atom is -0.395 e. The number of carbonyl (C=O) groups is 2. The third-order valence-corrected chi connectivity index (χ3v) is 4.94. The molecule has 3 rings (SSSR count). The lowest BCUT2D eigenvalue weighted by Crippen LogP contribution is -2.37. The first-order chi connectivity index (χ1) is 12.0. The number of rotatable bonds is 4. The number of nitrogens with zero attached hydrogens (tertiary/aromatic N) is 2. The van der Waals surface area contributed by atoms with E-state index in [-0.39, 0.29) is 13.2 Å². The molecule has 0 radical (unpaired) electrons. The molecule has 2 heterocycles. The molecular formula is C17H20N4O3S. The monoisotopic (exact) mass is 360 g/mol. The van der Waals surface area contributed by atoms with E-state index >= 15 is 0 Å². The van der Waals surface area contributed by atoms with Crippen LogP contribution in [0.3, 0.4) is 0 Å². The van der Waals surface area contributed by atoms with Gasteiger partial charge in [-0.15, -0.1) is 0 Å². The first-order valence-corrected chi connectivity index (χ1v) is 9.13. The van der Waals surface area contributed by atoms with Crippen molar-refractivity contribution in [2.45, 2.75) is 25.4 Å². The topological polar surface area (TPSA) is 96.2 Å². The molecule has 1 aliphatic rings. The zero-order valence-corrected chi connectivity index (χ0v) is 14.9. The third kappa shape index (κ3) is 3.54. The molecule has 0 fully saturated rings. The van der Waals surface area contributed by atoms with Crippen LogP contribution < -0.4 is 10.6 Å². The molecule has 0 spiro atoms. The van der Waals surface area contributed by atoms with Gasteiger partial charge in [0.15, 0.2) is 0 Å². The summed E-state index contributed by atoms with van der Waals surface area (Å²) in [5.41, 5.74) is 4.93. The highest BCUT2D eigenvalue weighted by atomic mass is 32.2. The number of aromatic nitrogens is 2. The molecule has 1 aromatic carbocycles. The molecule has 3 N–H and O–H groups in total. The summed E-state index contributed by atoms with van der Waals surface area (Å²) in [6, 6.07) is 6.00. The maximum atomic E-state index is 12.2. The molecular weight excluding hydrogens is 340 g/mol. The van der Waals surface area contributed by atoms with Gasteiger partial charge in [-0.05, 0) is 25.5 Å². The molecule has 25 heavy (non-hydrogen) atoms. The van der Waals surface area contributed by atoms with E-state index in [1.54, 1.807) is 16.4 Å². The number of carbonyl (C=O) groups excluding carboxylic acids is 2. The van der Waals surface area contributed by atoms with E-state index in [4.69, 9.17) is 5.11 Å². The predicted octanol–water partition coefficient (Wildman–Crippen LogP) is 1.28. The van der Waals surface area contributed by atoms with Crippen LogP contribution in [0.15, 0.2) is 18.2 Å². The Bertz CT molecular complexity index is 832. The number of thioether (sulfide) groups is 1. The highest BCUT2D eigenvalue weighted by Gasteiger charge is 2.26. The average Bonchev–Trinajstić information content (AvgIpc) is 3.15.